The third kappa shape index (κ3) is 2.93. The molecule has 0 amide bonds. The Morgan fingerprint density at radius 2 is 2.25 bits per heavy atom. The van der Waals surface area contributed by atoms with Gasteiger partial charge in [-0.2, -0.15) is 0 Å². The van der Waals surface area contributed by atoms with Crippen LogP contribution in [0.1, 0.15) is 23.4 Å². The SMILES string of the molecule is Cc1cc(OCCCO)c(C(=N)N)c(C)n1. The topological polar surface area (TPSA) is 92.2 Å². The molecule has 16 heavy (non-hydrogen) atoms. The number of aromatic nitrogens is 1. The van der Waals surface area contributed by atoms with E-state index in [9.17, 15) is 0 Å². The zero-order chi connectivity index (χ0) is 12.1. The van der Waals surface area contributed by atoms with Crippen molar-refractivity contribution in [1.29, 1.82) is 5.41 Å². The van der Waals surface area contributed by atoms with Gasteiger partial charge in [-0.3, -0.25) is 10.4 Å². The fourth-order valence-corrected chi connectivity index (χ4v) is 1.48. The molecule has 0 saturated heterocycles. The molecule has 0 spiro atoms. The molecule has 0 unspecified atom stereocenters. The number of nitrogen functional groups attached to an aromatic ring is 1. The third-order valence-corrected chi connectivity index (χ3v) is 2.12. The summed E-state index contributed by atoms with van der Waals surface area (Å²) in [5, 5.41) is 16.1. The summed E-state index contributed by atoms with van der Waals surface area (Å²) in [6.07, 6.45) is 0.553. The highest BCUT2D eigenvalue weighted by Crippen LogP contribution is 2.21. The van der Waals surface area contributed by atoms with Gasteiger partial charge in [-0.15, -0.1) is 0 Å². The summed E-state index contributed by atoms with van der Waals surface area (Å²) in [7, 11) is 0. The Balaban J connectivity index is 2.99. The normalized spacial score (nSPS) is 10.2. The predicted molar refractivity (Wildman–Crippen MR) is 61.9 cm³/mol. The molecule has 0 aliphatic carbocycles. The Morgan fingerprint density at radius 1 is 1.56 bits per heavy atom. The fourth-order valence-electron chi connectivity index (χ4n) is 1.48. The van der Waals surface area contributed by atoms with Crippen molar-refractivity contribution < 1.29 is 9.84 Å². The lowest BCUT2D eigenvalue weighted by Crippen LogP contribution is -2.16. The molecule has 1 aromatic rings. The van der Waals surface area contributed by atoms with Crippen LogP contribution < -0.4 is 10.5 Å². The Kier molecular flexibility index (Phi) is 4.25. The van der Waals surface area contributed by atoms with Gasteiger partial charge in [-0.25, -0.2) is 0 Å². The highest BCUT2D eigenvalue weighted by molar-refractivity contribution is 5.98. The minimum atomic E-state index is -0.0519. The van der Waals surface area contributed by atoms with E-state index in [0.717, 1.165) is 5.69 Å². The van der Waals surface area contributed by atoms with Crippen LogP contribution >= 0.6 is 0 Å². The van der Waals surface area contributed by atoms with Gasteiger partial charge in [-0.05, 0) is 13.8 Å². The lowest BCUT2D eigenvalue weighted by molar-refractivity contribution is 0.233. The van der Waals surface area contributed by atoms with Crippen LogP contribution in [0.15, 0.2) is 6.07 Å². The number of rotatable bonds is 5. The number of ether oxygens (including phenoxy) is 1. The summed E-state index contributed by atoms with van der Waals surface area (Å²) in [5.74, 6) is 0.509. The van der Waals surface area contributed by atoms with Gasteiger partial charge in [0.15, 0.2) is 0 Å². The van der Waals surface area contributed by atoms with Gasteiger partial charge in [0.1, 0.15) is 11.6 Å². The second kappa shape index (κ2) is 5.46. The van der Waals surface area contributed by atoms with E-state index < -0.39 is 0 Å². The van der Waals surface area contributed by atoms with Crippen LogP contribution in [-0.2, 0) is 0 Å². The molecule has 0 bridgehead atoms. The predicted octanol–water partition coefficient (Wildman–Crippen LogP) is 0.744. The van der Waals surface area contributed by atoms with Crippen LogP contribution in [0, 0.1) is 19.3 Å². The molecule has 5 nitrogen and oxygen atoms in total. The maximum absolute atomic E-state index is 8.67. The molecular weight excluding hydrogens is 206 g/mol. The second-order valence-corrected chi connectivity index (χ2v) is 3.56. The molecule has 0 aliphatic rings. The number of hydrogen-bond acceptors (Lipinski definition) is 4. The number of nitrogens with zero attached hydrogens (tertiary/aromatic N) is 1. The largest absolute Gasteiger partial charge is 0.493 e. The van der Waals surface area contributed by atoms with Crippen molar-refractivity contribution in [2.24, 2.45) is 5.73 Å². The van der Waals surface area contributed by atoms with Crippen LogP contribution in [-0.4, -0.2) is 29.1 Å². The highest BCUT2D eigenvalue weighted by Gasteiger charge is 2.12. The van der Waals surface area contributed by atoms with E-state index in [-0.39, 0.29) is 12.4 Å². The Morgan fingerprint density at radius 3 is 2.81 bits per heavy atom. The first-order valence-electron chi connectivity index (χ1n) is 5.12. The first-order valence-corrected chi connectivity index (χ1v) is 5.12. The molecule has 0 atom stereocenters. The number of pyridine rings is 1. The quantitative estimate of drug-likeness (QED) is 0.390. The number of amidine groups is 1. The molecule has 4 N–H and O–H groups in total. The third-order valence-electron chi connectivity index (χ3n) is 2.12. The molecule has 0 aliphatic heterocycles. The molecular formula is C11H17N3O2. The molecule has 1 aromatic heterocycles. The van der Waals surface area contributed by atoms with Crippen molar-refractivity contribution >= 4 is 5.84 Å². The Labute approximate surface area is 94.8 Å². The lowest BCUT2D eigenvalue weighted by Gasteiger charge is -2.13. The number of aliphatic hydroxyl groups excluding tert-OH is 1. The molecule has 0 saturated carbocycles. The molecule has 0 aromatic carbocycles. The van der Waals surface area contributed by atoms with Crippen LogP contribution in [0.5, 0.6) is 5.75 Å². The summed E-state index contributed by atoms with van der Waals surface area (Å²) in [4.78, 5) is 4.23. The number of nitrogens with two attached hydrogens (primary N) is 1. The fraction of sp³-hybridized carbons (Fsp3) is 0.455. The number of nitrogens with one attached hydrogen (secondary N) is 1. The summed E-state index contributed by atoms with van der Waals surface area (Å²) in [6.45, 7) is 4.14. The summed E-state index contributed by atoms with van der Waals surface area (Å²) >= 11 is 0. The zero-order valence-corrected chi connectivity index (χ0v) is 9.58. The molecule has 5 heteroatoms. The first-order chi connectivity index (χ1) is 7.56. The number of aliphatic hydroxyl groups is 1. The summed E-state index contributed by atoms with van der Waals surface area (Å²) in [6, 6.07) is 1.75. The average molecular weight is 223 g/mol. The van der Waals surface area contributed by atoms with E-state index in [1.54, 1.807) is 13.0 Å². The van der Waals surface area contributed by atoms with E-state index in [2.05, 4.69) is 4.98 Å². The molecule has 1 heterocycles. The minimum Gasteiger partial charge on any atom is -0.493 e. The van der Waals surface area contributed by atoms with E-state index in [1.165, 1.54) is 0 Å². The maximum Gasteiger partial charge on any atom is 0.133 e. The zero-order valence-electron chi connectivity index (χ0n) is 9.58. The van der Waals surface area contributed by atoms with Crippen molar-refractivity contribution in [2.75, 3.05) is 13.2 Å². The van der Waals surface area contributed by atoms with Gasteiger partial charge in [0.2, 0.25) is 0 Å². The monoisotopic (exact) mass is 223 g/mol. The van der Waals surface area contributed by atoms with Gasteiger partial charge in [0.25, 0.3) is 0 Å². The Bertz CT molecular complexity index is 391. The van der Waals surface area contributed by atoms with Crippen LogP contribution in [0.2, 0.25) is 0 Å². The van der Waals surface area contributed by atoms with Gasteiger partial charge in [-0.1, -0.05) is 0 Å². The van der Waals surface area contributed by atoms with Gasteiger partial charge in [0, 0.05) is 24.8 Å². The van der Waals surface area contributed by atoms with E-state index >= 15 is 0 Å². The van der Waals surface area contributed by atoms with Gasteiger partial charge < -0.3 is 15.6 Å². The van der Waals surface area contributed by atoms with Crippen LogP contribution in [0.4, 0.5) is 0 Å². The number of hydrogen-bond donors (Lipinski definition) is 3. The standard InChI is InChI=1S/C11H17N3O2/c1-7-6-9(16-5-3-4-15)10(11(12)13)8(2)14-7/h6,15H,3-5H2,1-2H3,(H3,12,13). The Hall–Kier alpha value is -1.62. The van der Waals surface area contributed by atoms with Crippen molar-refractivity contribution in [3.05, 3.63) is 23.0 Å². The molecule has 0 radical (unpaired) electrons. The van der Waals surface area contributed by atoms with Crippen molar-refractivity contribution in [3.8, 4) is 5.75 Å². The average Bonchev–Trinajstić information content (AvgIpc) is 2.16. The van der Waals surface area contributed by atoms with E-state index in [1.807, 2.05) is 6.92 Å². The van der Waals surface area contributed by atoms with Crippen LogP contribution in [0.25, 0.3) is 0 Å². The first kappa shape index (κ1) is 12.4. The lowest BCUT2D eigenvalue weighted by atomic mass is 10.1. The van der Waals surface area contributed by atoms with Crippen molar-refractivity contribution in [1.82, 2.24) is 4.98 Å². The number of aryl methyl sites for hydroxylation is 2. The summed E-state index contributed by atoms with van der Waals surface area (Å²) in [5.41, 5.74) is 7.52. The van der Waals surface area contributed by atoms with E-state index in [0.29, 0.717) is 30.0 Å². The van der Waals surface area contributed by atoms with Gasteiger partial charge >= 0.3 is 0 Å². The highest BCUT2D eigenvalue weighted by atomic mass is 16.5. The molecule has 0 fully saturated rings. The minimum absolute atomic E-state index is 0.0519. The van der Waals surface area contributed by atoms with Gasteiger partial charge in [0.05, 0.1) is 17.9 Å². The van der Waals surface area contributed by atoms with E-state index in [4.69, 9.17) is 21.0 Å². The second-order valence-electron chi connectivity index (χ2n) is 3.56. The van der Waals surface area contributed by atoms with Crippen molar-refractivity contribution in [3.63, 3.8) is 0 Å². The molecule has 1 rings (SSSR count). The van der Waals surface area contributed by atoms with Crippen LogP contribution in [0.3, 0.4) is 0 Å². The van der Waals surface area contributed by atoms with Crippen molar-refractivity contribution in [2.45, 2.75) is 20.3 Å². The molecule has 88 valence electrons. The summed E-state index contributed by atoms with van der Waals surface area (Å²) < 4.78 is 5.48. The maximum atomic E-state index is 8.67. The smallest absolute Gasteiger partial charge is 0.133 e.